The first-order chi connectivity index (χ1) is 14.3. The summed E-state index contributed by atoms with van der Waals surface area (Å²) < 4.78 is 5.78. The largest absolute Gasteiger partial charge is 0.493 e. The Hall–Kier alpha value is -2.93. The third kappa shape index (κ3) is 7.48. The number of thiocarbonyl (C=S) groups is 1. The van der Waals surface area contributed by atoms with Crippen LogP contribution in [0.1, 0.15) is 44.5 Å². The van der Waals surface area contributed by atoms with Gasteiger partial charge >= 0.3 is 0 Å². The zero-order valence-corrected chi connectivity index (χ0v) is 18.6. The molecular formula is C23H29N3O3S. The first-order valence-electron chi connectivity index (χ1n) is 10.0. The van der Waals surface area contributed by atoms with Crippen molar-refractivity contribution in [2.24, 2.45) is 11.8 Å². The van der Waals surface area contributed by atoms with E-state index in [0.717, 1.165) is 6.42 Å². The van der Waals surface area contributed by atoms with E-state index in [0.29, 0.717) is 35.2 Å². The fourth-order valence-electron chi connectivity index (χ4n) is 2.48. The summed E-state index contributed by atoms with van der Waals surface area (Å²) in [6.45, 7) is 8.43. The summed E-state index contributed by atoms with van der Waals surface area (Å²) in [6.07, 6.45) is 0.902. The van der Waals surface area contributed by atoms with Crippen molar-refractivity contribution < 1.29 is 14.3 Å². The molecule has 2 amide bonds. The summed E-state index contributed by atoms with van der Waals surface area (Å²) in [4.78, 5) is 24.5. The van der Waals surface area contributed by atoms with Gasteiger partial charge in [0.1, 0.15) is 5.75 Å². The Balaban J connectivity index is 1.99. The molecule has 0 saturated heterocycles. The highest BCUT2D eigenvalue weighted by Crippen LogP contribution is 2.19. The number of benzene rings is 2. The molecule has 160 valence electrons. The highest BCUT2D eigenvalue weighted by Gasteiger charge is 2.14. The van der Waals surface area contributed by atoms with Gasteiger partial charge < -0.3 is 15.4 Å². The van der Waals surface area contributed by atoms with E-state index in [2.05, 4.69) is 29.8 Å². The van der Waals surface area contributed by atoms with Crippen LogP contribution >= 0.6 is 12.2 Å². The lowest BCUT2D eigenvalue weighted by molar-refractivity contribution is -0.118. The van der Waals surface area contributed by atoms with Crippen LogP contribution in [0.25, 0.3) is 0 Å². The molecule has 0 aliphatic rings. The highest BCUT2D eigenvalue weighted by molar-refractivity contribution is 7.80. The lowest BCUT2D eigenvalue weighted by Crippen LogP contribution is -2.34. The van der Waals surface area contributed by atoms with Gasteiger partial charge in [0.25, 0.3) is 5.91 Å². The van der Waals surface area contributed by atoms with Gasteiger partial charge in [0.05, 0.1) is 12.2 Å². The summed E-state index contributed by atoms with van der Waals surface area (Å²) in [7, 11) is 0. The van der Waals surface area contributed by atoms with E-state index in [1.54, 1.807) is 42.5 Å². The number of nitrogens with one attached hydrogen (secondary N) is 3. The van der Waals surface area contributed by atoms with E-state index < -0.39 is 0 Å². The number of ether oxygens (including phenoxy) is 1. The van der Waals surface area contributed by atoms with Crippen LogP contribution in [0.15, 0.2) is 48.5 Å². The second-order valence-electron chi connectivity index (χ2n) is 7.66. The van der Waals surface area contributed by atoms with Crippen LogP contribution in [0.5, 0.6) is 5.75 Å². The number of hydrogen-bond donors (Lipinski definition) is 3. The first kappa shape index (κ1) is 23.3. The quantitative estimate of drug-likeness (QED) is 0.526. The molecule has 30 heavy (non-hydrogen) atoms. The number of anilines is 2. The van der Waals surface area contributed by atoms with E-state index in [1.165, 1.54) is 0 Å². The number of hydrogen-bond acceptors (Lipinski definition) is 4. The highest BCUT2D eigenvalue weighted by atomic mass is 32.1. The molecule has 7 heteroatoms. The minimum atomic E-state index is -0.350. The normalized spacial score (nSPS) is 10.6. The van der Waals surface area contributed by atoms with E-state index in [4.69, 9.17) is 17.0 Å². The molecule has 3 N–H and O–H groups in total. The Morgan fingerprint density at radius 1 is 0.967 bits per heavy atom. The average Bonchev–Trinajstić information content (AvgIpc) is 2.68. The minimum absolute atomic E-state index is 0.0721. The molecule has 0 spiro atoms. The molecule has 0 aromatic heterocycles. The maximum atomic E-state index is 12.7. The van der Waals surface area contributed by atoms with Crippen LogP contribution in [0, 0.1) is 11.8 Å². The standard InChI is InChI=1S/C23H29N3O3S/c1-15(2)12-13-29-20-11-6-5-10-19(20)22(28)26-23(30)25-18-9-7-8-17(14-18)24-21(27)16(3)4/h5-11,14-16H,12-13H2,1-4H3,(H,24,27)(H2,25,26,28,30). The number of amides is 2. The molecule has 2 aromatic carbocycles. The zero-order chi connectivity index (χ0) is 22.1. The SMILES string of the molecule is CC(C)CCOc1ccccc1C(=O)NC(=S)Nc1cccc(NC(=O)C(C)C)c1. The molecule has 0 aliphatic heterocycles. The van der Waals surface area contributed by atoms with Crippen LogP contribution in [0.4, 0.5) is 11.4 Å². The minimum Gasteiger partial charge on any atom is -0.493 e. The van der Waals surface area contributed by atoms with Crippen molar-refractivity contribution in [1.82, 2.24) is 5.32 Å². The fraction of sp³-hybridized carbons (Fsp3) is 0.348. The molecule has 0 heterocycles. The Morgan fingerprint density at radius 3 is 2.30 bits per heavy atom. The smallest absolute Gasteiger partial charge is 0.261 e. The van der Waals surface area contributed by atoms with Crippen LogP contribution < -0.4 is 20.7 Å². The molecule has 0 aliphatic carbocycles. The van der Waals surface area contributed by atoms with Gasteiger partial charge in [0.2, 0.25) is 5.91 Å². The lowest BCUT2D eigenvalue weighted by atomic mass is 10.1. The fourth-order valence-corrected chi connectivity index (χ4v) is 2.69. The third-order valence-corrected chi connectivity index (χ3v) is 4.43. The van der Waals surface area contributed by atoms with Crippen LogP contribution in [0.2, 0.25) is 0 Å². The monoisotopic (exact) mass is 427 g/mol. The summed E-state index contributed by atoms with van der Waals surface area (Å²) in [5.41, 5.74) is 1.73. The molecule has 0 bridgehead atoms. The predicted octanol–water partition coefficient (Wildman–Crippen LogP) is 4.83. The number of carbonyl (C=O) groups is 2. The molecule has 2 aromatic rings. The molecular weight excluding hydrogens is 398 g/mol. The zero-order valence-electron chi connectivity index (χ0n) is 17.8. The summed E-state index contributed by atoms with van der Waals surface area (Å²) in [5.74, 6) is 0.500. The van der Waals surface area contributed by atoms with Crippen molar-refractivity contribution >= 4 is 40.5 Å². The average molecular weight is 428 g/mol. The third-order valence-electron chi connectivity index (χ3n) is 4.22. The van der Waals surface area contributed by atoms with Gasteiger partial charge in [-0.1, -0.05) is 45.9 Å². The second kappa shape index (κ2) is 11.3. The van der Waals surface area contributed by atoms with Crippen molar-refractivity contribution in [3.63, 3.8) is 0 Å². The van der Waals surface area contributed by atoms with Crippen LogP contribution in [-0.4, -0.2) is 23.5 Å². The van der Waals surface area contributed by atoms with Gasteiger partial charge in [-0.05, 0) is 54.9 Å². The molecule has 0 unspecified atom stereocenters. The maximum absolute atomic E-state index is 12.7. The Labute approximate surface area is 183 Å². The van der Waals surface area contributed by atoms with Crippen LogP contribution in [0.3, 0.4) is 0 Å². The van der Waals surface area contributed by atoms with Gasteiger partial charge in [-0.25, -0.2) is 0 Å². The lowest BCUT2D eigenvalue weighted by Gasteiger charge is -2.14. The number of rotatable bonds is 8. The van der Waals surface area contributed by atoms with E-state index in [9.17, 15) is 9.59 Å². The van der Waals surface area contributed by atoms with E-state index in [-0.39, 0.29) is 22.8 Å². The maximum Gasteiger partial charge on any atom is 0.261 e. The molecule has 0 fully saturated rings. The van der Waals surface area contributed by atoms with Gasteiger partial charge in [-0.2, -0.15) is 0 Å². The Kier molecular flexibility index (Phi) is 8.80. The Morgan fingerprint density at radius 2 is 1.63 bits per heavy atom. The first-order valence-corrected chi connectivity index (χ1v) is 10.4. The van der Waals surface area contributed by atoms with Crippen molar-refractivity contribution in [3.8, 4) is 5.75 Å². The second-order valence-corrected chi connectivity index (χ2v) is 8.07. The Bertz CT molecular complexity index is 897. The van der Waals surface area contributed by atoms with Crippen LogP contribution in [-0.2, 0) is 4.79 Å². The molecule has 0 atom stereocenters. The van der Waals surface area contributed by atoms with Crippen molar-refractivity contribution in [3.05, 3.63) is 54.1 Å². The molecule has 0 saturated carbocycles. The molecule has 0 radical (unpaired) electrons. The summed E-state index contributed by atoms with van der Waals surface area (Å²) in [5, 5.41) is 8.63. The van der Waals surface area contributed by atoms with Crippen molar-refractivity contribution in [2.45, 2.75) is 34.1 Å². The predicted molar refractivity (Wildman–Crippen MR) is 125 cm³/mol. The van der Waals surface area contributed by atoms with Gasteiger partial charge in [-0.3, -0.25) is 14.9 Å². The van der Waals surface area contributed by atoms with E-state index in [1.807, 2.05) is 19.9 Å². The number of para-hydroxylation sites is 1. The molecule has 2 rings (SSSR count). The van der Waals surface area contributed by atoms with Gasteiger partial charge in [0.15, 0.2) is 5.11 Å². The molecule has 6 nitrogen and oxygen atoms in total. The van der Waals surface area contributed by atoms with Crippen molar-refractivity contribution in [1.29, 1.82) is 0 Å². The van der Waals surface area contributed by atoms with Gasteiger partial charge in [-0.15, -0.1) is 0 Å². The van der Waals surface area contributed by atoms with Crippen molar-refractivity contribution in [2.75, 3.05) is 17.2 Å². The topological polar surface area (TPSA) is 79.5 Å². The summed E-state index contributed by atoms with van der Waals surface area (Å²) >= 11 is 5.28. The summed E-state index contributed by atoms with van der Waals surface area (Å²) in [6, 6.07) is 14.2. The van der Waals surface area contributed by atoms with E-state index >= 15 is 0 Å². The van der Waals surface area contributed by atoms with Gasteiger partial charge in [0, 0.05) is 17.3 Å². The number of carbonyl (C=O) groups excluding carboxylic acids is 2.